The smallest absolute Gasteiger partial charge is 0.0894 e. The normalized spacial score (nSPS) is 10.6. The minimum absolute atomic E-state index is 0.912. The molecule has 0 aliphatic carbocycles. The SMILES string of the molecule is S=C=[N][Sn]([N]=C=S)([c]1ccccc1)[c]1ccccc1.c1ccc2nc(-c3ccc4ccccc4n3)ccc2c1. The van der Waals surface area contributed by atoms with Crippen molar-refractivity contribution in [1.82, 2.24) is 9.97 Å². The van der Waals surface area contributed by atoms with Crippen molar-refractivity contribution in [3.8, 4) is 11.4 Å². The van der Waals surface area contributed by atoms with E-state index >= 15 is 0 Å². The van der Waals surface area contributed by atoms with Crippen molar-refractivity contribution in [3.05, 3.63) is 133 Å². The molecule has 0 saturated heterocycles. The predicted molar refractivity (Wildman–Crippen MR) is 170 cm³/mol. The topological polar surface area (TPSA) is 50.5 Å². The van der Waals surface area contributed by atoms with Crippen molar-refractivity contribution in [3.63, 3.8) is 0 Å². The molecule has 2 aromatic heterocycles. The number of rotatable bonds is 5. The van der Waals surface area contributed by atoms with E-state index in [4.69, 9.17) is 24.4 Å². The summed E-state index contributed by atoms with van der Waals surface area (Å²) < 4.78 is 11.1. The second-order valence-corrected chi connectivity index (χ2v) is 17.4. The number of benzene rings is 4. The number of pyridine rings is 2. The summed E-state index contributed by atoms with van der Waals surface area (Å²) in [5.41, 5.74) is 3.82. The Labute approximate surface area is 242 Å². The van der Waals surface area contributed by atoms with Gasteiger partial charge in [0, 0.05) is 10.8 Å². The van der Waals surface area contributed by atoms with E-state index in [1.165, 1.54) is 0 Å². The van der Waals surface area contributed by atoms with Crippen LogP contribution in [0.2, 0.25) is 0 Å². The molecule has 186 valence electrons. The Kier molecular flexibility index (Phi) is 8.74. The zero-order valence-corrected chi connectivity index (χ0v) is 25.3. The average Bonchev–Trinajstić information content (AvgIpc) is 3.01. The monoisotopic (exact) mass is 646 g/mol. The van der Waals surface area contributed by atoms with E-state index in [1.807, 2.05) is 109 Å². The second-order valence-electron chi connectivity index (χ2n) is 8.59. The number of para-hydroxylation sites is 2. The molecule has 0 atom stereocenters. The maximum Gasteiger partial charge on any atom is 0.0894 e. The van der Waals surface area contributed by atoms with E-state index in [2.05, 4.69) is 51.0 Å². The van der Waals surface area contributed by atoms with Gasteiger partial charge in [-0.15, -0.1) is 0 Å². The first-order chi connectivity index (χ1) is 19.2. The van der Waals surface area contributed by atoms with Crippen LogP contribution in [0.4, 0.5) is 0 Å². The zero-order chi connectivity index (χ0) is 26.9. The number of aromatic nitrogens is 2. The van der Waals surface area contributed by atoms with Crippen molar-refractivity contribution in [2.24, 2.45) is 6.43 Å². The fourth-order valence-electron chi connectivity index (χ4n) is 4.34. The summed E-state index contributed by atoms with van der Waals surface area (Å²) in [5, 5.41) is 7.32. The van der Waals surface area contributed by atoms with E-state index in [0.29, 0.717) is 0 Å². The Morgan fingerprint density at radius 1 is 0.462 bits per heavy atom. The fourth-order valence-corrected chi connectivity index (χ4v) is 13.2. The van der Waals surface area contributed by atoms with Crippen LogP contribution in [0.15, 0.2) is 140 Å². The van der Waals surface area contributed by atoms with Gasteiger partial charge in [-0.3, -0.25) is 0 Å². The summed E-state index contributed by atoms with van der Waals surface area (Å²) in [6.07, 6.45) is 0. The average molecular weight is 645 g/mol. The molecular weight excluding hydrogens is 623 g/mol. The predicted octanol–water partition coefficient (Wildman–Crippen LogP) is 6.90. The largest absolute Gasteiger partial charge is 0.246 e. The van der Waals surface area contributed by atoms with E-state index in [0.717, 1.165) is 40.4 Å². The first-order valence-electron chi connectivity index (χ1n) is 12.2. The molecule has 6 rings (SSSR count). The van der Waals surface area contributed by atoms with Crippen molar-refractivity contribution in [2.45, 2.75) is 0 Å². The van der Waals surface area contributed by atoms with Crippen LogP contribution in [0.1, 0.15) is 0 Å². The molecule has 39 heavy (non-hydrogen) atoms. The maximum atomic E-state index is 4.83. The van der Waals surface area contributed by atoms with Gasteiger partial charge in [0.05, 0.1) is 22.4 Å². The Morgan fingerprint density at radius 3 is 1.26 bits per heavy atom. The molecule has 7 heteroatoms. The maximum absolute atomic E-state index is 4.83. The first-order valence-corrected chi connectivity index (χ1v) is 18.5. The number of nitrogens with zero attached hydrogens (tertiary/aromatic N) is 4. The molecule has 0 radical (unpaired) electrons. The van der Waals surface area contributed by atoms with Gasteiger partial charge in [-0.2, -0.15) is 0 Å². The van der Waals surface area contributed by atoms with Gasteiger partial charge < -0.3 is 0 Å². The van der Waals surface area contributed by atoms with Gasteiger partial charge in [0.15, 0.2) is 0 Å². The van der Waals surface area contributed by atoms with Crippen LogP contribution < -0.4 is 7.16 Å². The van der Waals surface area contributed by atoms with Gasteiger partial charge in [0.1, 0.15) is 0 Å². The van der Waals surface area contributed by atoms with E-state index in [9.17, 15) is 0 Å². The van der Waals surface area contributed by atoms with Crippen LogP contribution in [-0.4, -0.2) is 39.2 Å². The second kappa shape index (κ2) is 12.8. The van der Waals surface area contributed by atoms with Crippen LogP contribution in [0.3, 0.4) is 0 Å². The van der Waals surface area contributed by atoms with Gasteiger partial charge >= 0.3 is 128 Å². The van der Waals surface area contributed by atoms with Crippen molar-refractivity contribution >= 4 is 82.6 Å². The summed E-state index contributed by atoms with van der Waals surface area (Å²) in [5.74, 6) is 0. The van der Waals surface area contributed by atoms with E-state index < -0.39 is 18.9 Å². The van der Waals surface area contributed by atoms with Gasteiger partial charge in [0.2, 0.25) is 0 Å². The molecular formula is C32H22N4S2Sn. The molecule has 4 nitrogen and oxygen atoms in total. The Balaban J connectivity index is 0.000000158. The Hall–Kier alpha value is -3.90. The number of hydrogen-bond donors (Lipinski definition) is 0. The molecule has 0 amide bonds. The number of hydrogen-bond acceptors (Lipinski definition) is 6. The molecule has 0 unspecified atom stereocenters. The van der Waals surface area contributed by atoms with E-state index in [1.54, 1.807) is 0 Å². The van der Waals surface area contributed by atoms with Crippen LogP contribution in [-0.2, 0) is 0 Å². The Morgan fingerprint density at radius 2 is 0.846 bits per heavy atom. The molecule has 0 fully saturated rings. The van der Waals surface area contributed by atoms with Gasteiger partial charge in [-0.05, 0) is 24.3 Å². The molecule has 0 saturated carbocycles. The molecule has 0 aliphatic rings. The third-order valence-corrected chi connectivity index (χ3v) is 16.3. The number of isothiocyanates is 2. The van der Waals surface area contributed by atoms with E-state index in [-0.39, 0.29) is 0 Å². The summed E-state index contributed by atoms with van der Waals surface area (Å²) >= 11 is 6.04. The zero-order valence-electron chi connectivity index (χ0n) is 20.8. The fraction of sp³-hybridized carbons (Fsp3) is 0. The molecule has 4 aromatic carbocycles. The molecule has 0 aliphatic heterocycles. The quantitative estimate of drug-likeness (QED) is 0.116. The summed E-state index contributed by atoms with van der Waals surface area (Å²) in [6.45, 7) is 0. The molecule has 2 heterocycles. The molecule has 0 spiro atoms. The number of thiocarbonyl (C=S) groups is 2. The summed E-state index contributed by atoms with van der Waals surface area (Å²) in [4.78, 5) is 9.38. The summed E-state index contributed by atoms with van der Waals surface area (Å²) in [7, 11) is 0. The van der Waals surface area contributed by atoms with Crippen molar-refractivity contribution in [1.29, 1.82) is 0 Å². The van der Waals surface area contributed by atoms with Gasteiger partial charge in [0.25, 0.3) is 0 Å². The molecule has 6 aromatic rings. The van der Waals surface area contributed by atoms with Crippen LogP contribution >= 0.6 is 24.4 Å². The van der Waals surface area contributed by atoms with Gasteiger partial charge in [-0.25, -0.2) is 9.97 Å². The third kappa shape index (κ3) is 6.07. The molecule has 0 N–H and O–H groups in total. The third-order valence-electron chi connectivity index (χ3n) is 6.23. The number of fused-ring (bicyclic) bond motifs is 2. The first kappa shape index (κ1) is 26.7. The Bertz CT molecular complexity index is 1700. The standard InChI is InChI=1S/C18H12N2.2C6H5.2CNS.Sn/c1-3-7-15-13(5-1)9-11-17(19-15)18-12-10-14-6-2-4-8-16(14)20-18;2*1-2-4-6-5-3-1;2*2-1-3;/h1-12H;2*1-5H;;;/q;;;2*-1;+2. The van der Waals surface area contributed by atoms with Gasteiger partial charge in [-0.1, -0.05) is 48.5 Å². The van der Waals surface area contributed by atoms with Crippen LogP contribution in [0.5, 0.6) is 0 Å². The van der Waals surface area contributed by atoms with Crippen molar-refractivity contribution < 1.29 is 0 Å². The summed E-state index contributed by atoms with van der Waals surface area (Å²) in [6, 6.07) is 44.4. The van der Waals surface area contributed by atoms with Crippen molar-refractivity contribution in [2.75, 3.05) is 0 Å². The minimum atomic E-state index is -3.62. The molecule has 0 bridgehead atoms. The van der Waals surface area contributed by atoms with Crippen LogP contribution in [0, 0.1) is 0 Å². The minimum Gasteiger partial charge on any atom is -0.246 e. The van der Waals surface area contributed by atoms with Crippen LogP contribution in [0.25, 0.3) is 33.2 Å².